The third kappa shape index (κ3) is 9.51. The summed E-state index contributed by atoms with van der Waals surface area (Å²) in [6, 6.07) is 14.4. The highest BCUT2D eigenvalue weighted by molar-refractivity contribution is 6.30. The quantitative estimate of drug-likeness (QED) is 0.322. The van der Waals surface area contributed by atoms with Crippen molar-refractivity contribution in [1.82, 2.24) is 10.2 Å². The Bertz CT molecular complexity index is 709. The zero-order chi connectivity index (χ0) is 21.6. The Morgan fingerprint density at radius 3 is 2.23 bits per heavy atom. The van der Waals surface area contributed by atoms with Gasteiger partial charge in [-0.3, -0.25) is 0 Å². The van der Waals surface area contributed by atoms with E-state index in [1.165, 1.54) is 56.4 Å². The van der Waals surface area contributed by atoms with Crippen molar-refractivity contribution in [2.75, 3.05) is 26.2 Å². The average molecular weight is 431 g/mol. The van der Waals surface area contributed by atoms with Crippen LogP contribution in [0.3, 0.4) is 0 Å². The van der Waals surface area contributed by atoms with Gasteiger partial charge in [0.2, 0.25) is 0 Å². The fraction of sp³-hybridized carbons (Fsp3) is 0.538. The average Bonchev–Trinajstić information content (AvgIpc) is 2.75. The van der Waals surface area contributed by atoms with E-state index in [4.69, 9.17) is 16.3 Å². The number of aryl methyl sites for hydroxylation is 1. The third-order valence-electron chi connectivity index (χ3n) is 5.34. The molecule has 0 fully saturated rings. The molecule has 166 valence electrons. The second-order valence-corrected chi connectivity index (χ2v) is 8.54. The molecule has 0 bridgehead atoms. The van der Waals surface area contributed by atoms with Crippen molar-refractivity contribution >= 4 is 11.6 Å². The lowest BCUT2D eigenvalue weighted by atomic mass is 10.1. The van der Waals surface area contributed by atoms with Gasteiger partial charge >= 0.3 is 0 Å². The Kier molecular flexibility index (Phi) is 11.9. The summed E-state index contributed by atoms with van der Waals surface area (Å²) in [7, 11) is 0. The molecule has 0 unspecified atom stereocenters. The van der Waals surface area contributed by atoms with Gasteiger partial charge in [0.1, 0.15) is 12.4 Å². The van der Waals surface area contributed by atoms with Crippen LogP contribution in [0.4, 0.5) is 0 Å². The third-order valence-corrected chi connectivity index (χ3v) is 5.57. The maximum atomic E-state index is 6.24. The van der Waals surface area contributed by atoms with E-state index in [1.807, 2.05) is 18.2 Å². The second kappa shape index (κ2) is 14.5. The Morgan fingerprint density at radius 2 is 1.57 bits per heavy atom. The van der Waals surface area contributed by atoms with Crippen LogP contribution in [0.25, 0.3) is 0 Å². The van der Waals surface area contributed by atoms with E-state index in [9.17, 15) is 0 Å². The van der Waals surface area contributed by atoms with Crippen LogP contribution < -0.4 is 10.1 Å². The Morgan fingerprint density at radius 1 is 0.900 bits per heavy atom. The number of halogens is 1. The number of ether oxygens (including phenoxy) is 1. The van der Waals surface area contributed by atoms with Crippen LogP contribution in [0.15, 0.2) is 42.5 Å². The summed E-state index contributed by atoms with van der Waals surface area (Å²) in [6.45, 7) is 12.6. The van der Waals surface area contributed by atoms with Gasteiger partial charge in [0.15, 0.2) is 0 Å². The van der Waals surface area contributed by atoms with Gasteiger partial charge in [-0.25, -0.2) is 0 Å². The fourth-order valence-electron chi connectivity index (χ4n) is 3.42. The maximum absolute atomic E-state index is 6.24. The summed E-state index contributed by atoms with van der Waals surface area (Å²) in [5.74, 6) is 0.903. The van der Waals surface area contributed by atoms with Crippen molar-refractivity contribution in [3.8, 4) is 5.75 Å². The summed E-state index contributed by atoms with van der Waals surface area (Å²) < 4.78 is 6.10. The standard InChI is InChI=1S/C26H39ClN2O/c1-4-6-16-29(17-7-5-2)18-8-15-28-20-24-19-25(27)13-14-26(24)30-21-23-11-9-22(3)10-12-23/h9-14,19,28H,4-8,15-18,20-21H2,1-3H3. The SMILES string of the molecule is CCCCN(CCCC)CCCNCc1cc(Cl)ccc1OCc1ccc(C)cc1. The summed E-state index contributed by atoms with van der Waals surface area (Å²) in [5, 5.41) is 4.33. The van der Waals surface area contributed by atoms with E-state index >= 15 is 0 Å². The lowest BCUT2D eigenvalue weighted by Crippen LogP contribution is -2.29. The highest BCUT2D eigenvalue weighted by atomic mass is 35.5. The number of unbranched alkanes of at least 4 members (excludes halogenated alkanes) is 2. The lowest BCUT2D eigenvalue weighted by Gasteiger charge is -2.22. The Balaban J connectivity index is 1.79. The van der Waals surface area contributed by atoms with E-state index in [0.717, 1.165) is 35.8 Å². The molecule has 3 nitrogen and oxygen atoms in total. The molecule has 0 radical (unpaired) electrons. The molecule has 2 aromatic rings. The largest absolute Gasteiger partial charge is 0.489 e. The van der Waals surface area contributed by atoms with Gasteiger partial charge < -0.3 is 15.0 Å². The minimum absolute atomic E-state index is 0.568. The number of hydrogen-bond donors (Lipinski definition) is 1. The fourth-order valence-corrected chi connectivity index (χ4v) is 3.62. The molecule has 0 aliphatic heterocycles. The van der Waals surface area contributed by atoms with Gasteiger partial charge in [-0.05, 0) is 76.1 Å². The molecule has 0 heterocycles. The molecule has 0 saturated heterocycles. The molecular formula is C26H39ClN2O. The molecular weight excluding hydrogens is 392 g/mol. The zero-order valence-corrected chi connectivity index (χ0v) is 19.8. The highest BCUT2D eigenvalue weighted by Crippen LogP contribution is 2.24. The minimum Gasteiger partial charge on any atom is -0.489 e. The predicted molar refractivity (Wildman–Crippen MR) is 130 cm³/mol. The van der Waals surface area contributed by atoms with E-state index in [-0.39, 0.29) is 0 Å². The van der Waals surface area contributed by atoms with Crippen LogP contribution in [-0.4, -0.2) is 31.1 Å². The number of hydrogen-bond acceptors (Lipinski definition) is 3. The molecule has 2 aromatic carbocycles. The van der Waals surface area contributed by atoms with Gasteiger partial charge in [0.25, 0.3) is 0 Å². The van der Waals surface area contributed by atoms with Crippen LogP contribution in [0, 0.1) is 6.92 Å². The number of benzene rings is 2. The van der Waals surface area contributed by atoms with E-state index in [2.05, 4.69) is 55.3 Å². The summed E-state index contributed by atoms with van der Waals surface area (Å²) >= 11 is 6.24. The highest BCUT2D eigenvalue weighted by Gasteiger charge is 2.07. The number of nitrogens with zero attached hydrogens (tertiary/aromatic N) is 1. The van der Waals surface area contributed by atoms with Gasteiger partial charge in [-0.15, -0.1) is 0 Å². The lowest BCUT2D eigenvalue weighted by molar-refractivity contribution is 0.260. The normalized spacial score (nSPS) is 11.2. The molecule has 0 aliphatic carbocycles. The van der Waals surface area contributed by atoms with Gasteiger partial charge in [-0.2, -0.15) is 0 Å². The van der Waals surface area contributed by atoms with Crippen LogP contribution in [0.1, 0.15) is 62.6 Å². The summed E-state index contributed by atoms with van der Waals surface area (Å²) in [5.41, 5.74) is 3.55. The molecule has 2 rings (SSSR count). The minimum atomic E-state index is 0.568. The molecule has 0 amide bonds. The van der Waals surface area contributed by atoms with Crippen molar-refractivity contribution in [3.05, 3.63) is 64.2 Å². The smallest absolute Gasteiger partial charge is 0.124 e. The van der Waals surface area contributed by atoms with Crippen molar-refractivity contribution in [2.24, 2.45) is 0 Å². The summed E-state index contributed by atoms with van der Waals surface area (Å²) in [6.07, 6.45) is 6.28. The molecule has 0 aliphatic rings. The first kappa shape index (κ1) is 24.7. The first-order valence-electron chi connectivity index (χ1n) is 11.5. The molecule has 4 heteroatoms. The molecule has 30 heavy (non-hydrogen) atoms. The Hall–Kier alpha value is -1.55. The van der Waals surface area contributed by atoms with E-state index in [1.54, 1.807) is 0 Å². The van der Waals surface area contributed by atoms with E-state index in [0.29, 0.717) is 6.61 Å². The molecule has 1 N–H and O–H groups in total. The topological polar surface area (TPSA) is 24.5 Å². The van der Waals surface area contributed by atoms with Gasteiger partial charge in [0.05, 0.1) is 0 Å². The van der Waals surface area contributed by atoms with Crippen molar-refractivity contribution in [1.29, 1.82) is 0 Å². The van der Waals surface area contributed by atoms with Crippen molar-refractivity contribution in [2.45, 2.75) is 66.0 Å². The van der Waals surface area contributed by atoms with Crippen molar-refractivity contribution in [3.63, 3.8) is 0 Å². The first-order valence-corrected chi connectivity index (χ1v) is 11.9. The van der Waals surface area contributed by atoms with Gasteiger partial charge in [0, 0.05) is 17.1 Å². The number of nitrogens with one attached hydrogen (secondary N) is 1. The second-order valence-electron chi connectivity index (χ2n) is 8.11. The zero-order valence-electron chi connectivity index (χ0n) is 19.1. The van der Waals surface area contributed by atoms with Crippen LogP contribution in [0.5, 0.6) is 5.75 Å². The molecule has 0 aromatic heterocycles. The number of rotatable bonds is 15. The van der Waals surface area contributed by atoms with Crippen LogP contribution in [0.2, 0.25) is 5.02 Å². The molecule has 0 saturated carbocycles. The van der Waals surface area contributed by atoms with Gasteiger partial charge in [-0.1, -0.05) is 68.1 Å². The van der Waals surface area contributed by atoms with Crippen LogP contribution in [-0.2, 0) is 13.2 Å². The van der Waals surface area contributed by atoms with Crippen molar-refractivity contribution < 1.29 is 4.74 Å². The predicted octanol–water partition coefficient (Wildman–Crippen LogP) is 6.61. The molecule has 0 atom stereocenters. The van der Waals surface area contributed by atoms with Crippen LogP contribution >= 0.6 is 11.6 Å². The first-order chi connectivity index (χ1) is 14.6. The monoisotopic (exact) mass is 430 g/mol. The Labute approximate surface area is 188 Å². The maximum Gasteiger partial charge on any atom is 0.124 e. The summed E-state index contributed by atoms with van der Waals surface area (Å²) in [4.78, 5) is 2.62. The molecule has 0 spiro atoms. The van der Waals surface area contributed by atoms with E-state index < -0.39 is 0 Å².